The highest BCUT2D eigenvalue weighted by Crippen LogP contribution is 2.41. The molecule has 0 aliphatic carbocycles. The number of anilines is 1. The van der Waals surface area contributed by atoms with Gasteiger partial charge in [-0.1, -0.05) is 68.2 Å². The Morgan fingerprint density at radius 3 is 2.09 bits per heavy atom. The molecular weight excluding hydrogens is 597 g/mol. The van der Waals surface area contributed by atoms with Crippen LogP contribution < -0.4 is 14.8 Å². The van der Waals surface area contributed by atoms with Gasteiger partial charge in [-0.3, -0.25) is 9.69 Å². The van der Waals surface area contributed by atoms with E-state index in [1.54, 1.807) is 33.3 Å². The number of rotatable bonds is 10. The van der Waals surface area contributed by atoms with E-state index < -0.39 is 26.1 Å². The fourth-order valence-corrected chi connectivity index (χ4v) is 11.6. The molecule has 2 heterocycles. The Morgan fingerprint density at radius 2 is 1.57 bits per heavy atom. The van der Waals surface area contributed by atoms with Crippen molar-refractivity contribution in [2.24, 2.45) is 5.41 Å². The van der Waals surface area contributed by atoms with Crippen LogP contribution in [0, 0.1) is 16.9 Å². The molecule has 3 aromatic rings. The first-order valence-electron chi connectivity index (χ1n) is 15.8. The van der Waals surface area contributed by atoms with Crippen LogP contribution in [0.25, 0.3) is 22.0 Å². The molecular formula is C36H50N4O5Si. The van der Waals surface area contributed by atoms with Gasteiger partial charge in [0.15, 0.2) is 0 Å². The number of carbonyl (C=O) groups excluding carboxylic acids is 1. The molecule has 9 nitrogen and oxygen atoms in total. The SMILES string of the molecule is COc1ccc2c(-c3cc(C#C[Si](C(C)C)(C(C)C)C(C)C)nc(NC(=O)C(C)N(CC(C)(C)C)C(=O)O)c3)c(OC)ccc2n1. The number of methoxy groups -OCH3 is 2. The lowest BCUT2D eigenvalue weighted by Gasteiger charge is -2.38. The van der Waals surface area contributed by atoms with Gasteiger partial charge in [0.05, 0.1) is 19.7 Å². The summed E-state index contributed by atoms with van der Waals surface area (Å²) in [5.74, 6) is 4.32. The summed E-state index contributed by atoms with van der Waals surface area (Å²) >= 11 is 0. The number of carbonyl (C=O) groups is 2. The molecule has 46 heavy (non-hydrogen) atoms. The third-order valence-electron chi connectivity index (χ3n) is 8.61. The standard InChI is InChI=1S/C36H50N4O5Si/c1-22(2)46(23(3)4,24(5)6)18-17-27-19-26(33-28-13-16-32(45-12)38-29(28)14-15-30(33)44-11)20-31(37-27)39-34(41)25(7)40(35(42)43)21-36(8,9)10/h13-16,19-20,22-25H,21H2,1-12H3,(H,42,43)(H,37,39,41). The van der Waals surface area contributed by atoms with Crippen molar-refractivity contribution in [3.05, 3.63) is 42.1 Å². The normalized spacial score (nSPS) is 12.6. The van der Waals surface area contributed by atoms with Gasteiger partial charge in [0.25, 0.3) is 0 Å². The van der Waals surface area contributed by atoms with E-state index >= 15 is 0 Å². The summed E-state index contributed by atoms with van der Waals surface area (Å²) in [5, 5.41) is 13.6. The molecule has 0 spiro atoms. The van der Waals surface area contributed by atoms with E-state index in [0.717, 1.165) is 21.4 Å². The number of benzene rings is 1. The predicted molar refractivity (Wildman–Crippen MR) is 188 cm³/mol. The highest BCUT2D eigenvalue weighted by Gasteiger charge is 2.41. The van der Waals surface area contributed by atoms with Gasteiger partial charge in [0.2, 0.25) is 11.8 Å². The lowest BCUT2D eigenvalue weighted by Crippen LogP contribution is -2.48. The van der Waals surface area contributed by atoms with Crippen LogP contribution in [-0.4, -0.2) is 66.9 Å². The predicted octanol–water partition coefficient (Wildman–Crippen LogP) is 8.24. The van der Waals surface area contributed by atoms with E-state index in [1.807, 2.05) is 45.0 Å². The molecule has 3 rings (SSSR count). The second-order valence-electron chi connectivity index (χ2n) is 14.0. The molecule has 10 heteroatoms. The van der Waals surface area contributed by atoms with E-state index in [2.05, 4.69) is 63.3 Å². The van der Waals surface area contributed by atoms with Gasteiger partial charge in [-0.25, -0.2) is 14.8 Å². The van der Waals surface area contributed by atoms with Crippen molar-refractivity contribution in [2.75, 3.05) is 26.1 Å². The number of amides is 2. The zero-order valence-electron chi connectivity index (χ0n) is 29.4. The van der Waals surface area contributed by atoms with Crippen molar-refractivity contribution >= 4 is 36.8 Å². The topological polar surface area (TPSA) is 114 Å². The highest BCUT2D eigenvalue weighted by atomic mass is 28.3. The molecule has 1 unspecified atom stereocenters. The summed E-state index contributed by atoms with van der Waals surface area (Å²) in [5.41, 5.74) is 7.38. The van der Waals surface area contributed by atoms with Gasteiger partial charge in [0.1, 0.15) is 31.4 Å². The summed E-state index contributed by atoms with van der Waals surface area (Å²) in [6, 6.07) is 10.2. The Balaban J connectivity index is 2.26. The molecule has 248 valence electrons. The van der Waals surface area contributed by atoms with Crippen LogP contribution in [-0.2, 0) is 4.79 Å². The number of hydrogen-bond acceptors (Lipinski definition) is 6. The Hall–Kier alpha value is -4.10. The van der Waals surface area contributed by atoms with Gasteiger partial charge >= 0.3 is 6.09 Å². The van der Waals surface area contributed by atoms with E-state index in [9.17, 15) is 14.7 Å². The maximum atomic E-state index is 13.6. The Labute approximate surface area is 275 Å². The van der Waals surface area contributed by atoms with E-state index in [1.165, 1.54) is 0 Å². The third kappa shape index (κ3) is 7.99. The fourth-order valence-electron chi connectivity index (χ4n) is 6.41. The van der Waals surface area contributed by atoms with Crippen LogP contribution in [0.2, 0.25) is 16.6 Å². The van der Waals surface area contributed by atoms with E-state index in [4.69, 9.17) is 14.5 Å². The van der Waals surface area contributed by atoms with Gasteiger partial charge in [-0.05, 0) is 64.9 Å². The lowest BCUT2D eigenvalue weighted by molar-refractivity contribution is -0.120. The quantitative estimate of drug-likeness (QED) is 0.168. The van der Waals surface area contributed by atoms with Crippen molar-refractivity contribution in [3.63, 3.8) is 0 Å². The van der Waals surface area contributed by atoms with Crippen LogP contribution >= 0.6 is 0 Å². The molecule has 0 bridgehead atoms. The first-order chi connectivity index (χ1) is 21.4. The number of aromatic nitrogens is 2. The van der Waals surface area contributed by atoms with E-state index in [0.29, 0.717) is 39.5 Å². The number of hydrogen-bond donors (Lipinski definition) is 2. The number of carboxylic acid groups (broad SMARTS) is 1. The molecule has 2 amide bonds. The molecule has 0 saturated heterocycles. The zero-order chi connectivity index (χ0) is 34.6. The van der Waals surface area contributed by atoms with Crippen LogP contribution in [0.15, 0.2) is 36.4 Å². The van der Waals surface area contributed by atoms with Gasteiger partial charge in [-0.15, -0.1) is 5.54 Å². The fraction of sp³-hybridized carbons (Fsp3) is 0.500. The van der Waals surface area contributed by atoms with Gasteiger partial charge < -0.3 is 19.9 Å². The number of ether oxygens (including phenoxy) is 2. The van der Waals surface area contributed by atoms with Crippen molar-refractivity contribution in [2.45, 2.75) is 91.9 Å². The molecule has 2 N–H and O–H groups in total. The molecule has 1 atom stereocenters. The summed E-state index contributed by atoms with van der Waals surface area (Å²) in [6.45, 7) is 21.1. The molecule has 0 saturated carbocycles. The number of nitrogens with one attached hydrogen (secondary N) is 1. The summed E-state index contributed by atoms with van der Waals surface area (Å²) in [6.07, 6.45) is -1.16. The Morgan fingerprint density at radius 1 is 0.935 bits per heavy atom. The first kappa shape index (κ1) is 36.4. The Bertz CT molecular complexity index is 1610. The maximum absolute atomic E-state index is 13.6. The minimum Gasteiger partial charge on any atom is -0.496 e. The lowest BCUT2D eigenvalue weighted by atomic mass is 9.95. The number of nitrogens with zero attached hydrogens (tertiary/aromatic N) is 3. The minimum absolute atomic E-state index is 0.192. The molecule has 0 fully saturated rings. The van der Waals surface area contributed by atoms with Crippen molar-refractivity contribution in [3.8, 4) is 34.2 Å². The summed E-state index contributed by atoms with van der Waals surface area (Å²) in [4.78, 5) is 36.2. The summed E-state index contributed by atoms with van der Waals surface area (Å²) < 4.78 is 11.2. The molecule has 0 aliphatic heterocycles. The van der Waals surface area contributed by atoms with E-state index in [-0.39, 0.29) is 17.8 Å². The Kier molecular flexibility index (Phi) is 11.5. The monoisotopic (exact) mass is 646 g/mol. The van der Waals surface area contributed by atoms with Crippen molar-refractivity contribution in [1.82, 2.24) is 14.9 Å². The van der Waals surface area contributed by atoms with Crippen molar-refractivity contribution < 1.29 is 24.2 Å². The smallest absolute Gasteiger partial charge is 0.407 e. The largest absolute Gasteiger partial charge is 0.496 e. The molecule has 2 aromatic heterocycles. The maximum Gasteiger partial charge on any atom is 0.407 e. The average molecular weight is 647 g/mol. The second kappa shape index (κ2) is 14.5. The zero-order valence-corrected chi connectivity index (χ0v) is 30.4. The molecule has 0 aliphatic rings. The average Bonchev–Trinajstić information content (AvgIpc) is 2.97. The van der Waals surface area contributed by atoms with Gasteiger partial charge in [0, 0.05) is 23.6 Å². The van der Waals surface area contributed by atoms with Crippen molar-refractivity contribution in [1.29, 1.82) is 0 Å². The highest BCUT2D eigenvalue weighted by molar-refractivity contribution is 6.90. The van der Waals surface area contributed by atoms with Crippen LogP contribution in [0.4, 0.5) is 10.6 Å². The number of fused-ring (bicyclic) bond motifs is 1. The number of pyridine rings is 2. The van der Waals surface area contributed by atoms with Crippen LogP contribution in [0.1, 0.15) is 74.9 Å². The third-order valence-corrected chi connectivity index (χ3v) is 14.9. The first-order valence-corrected chi connectivity index (χ1v) is 18.1. The van der Waals surface area contributed by atoms with Gasteiger partial charge in [-0.2, -0.15) is 0 Å². The van der Waals surface area contributed by atoms with Crippen LogP contribution in [0.5, 0.6) is 11.6 Å². The minimum atomic E-state index is -2.11. The summed E-state index contributed by atoms with van der Waals surface area (Å²) in [7, 11) is 1.08. The molecule has 0 radical (unpaired) electrons. The second-order valence-corrected chi connectivity index (χ2v) is 19.6. The molecule has 1 aromatic carbocycles. The van der Waals surface area contributed by atoms with Crippen LogP contribution in [0.3, 0.4) is 0 Å².